The number of morpholine rings is 1. The van der Waals surface area contributed by atoms with E-state index in [-0.39, 0.29) is 11.6 Å². The van der Waals surface area contributed by atoms with Gasteiger partial charge in [0, 0.05) is 37.3 Å². The predicted molar refractivity (Wildman–Crippen MR) is 103 cm³/mol. The van der Waals surface area contributed by atoms with E-state index in [2.05, 4.69) is 57.1 Å². The van der Waals surface area contributed by atoms with Crippen molar-refractivity contribution in [1.29, 1.82) is 0 Å². The predicted octanol–water partition coefficient (Wildman–Crippen LogP) is 2.18. The van der Waals surface area contributed by atoms with Crippen molar-refractivity contribution >= 4 is 0 Å². The molecule has 0 amide bonds. The molecule has 2 aliphatic heterocycles. The highest BCUT2D eigenvalue weighted by Gasteiger charge is 2.40. The number of benzene rings is 1. The number of hydrogen-bond acceptors (Lipinski definition) is 5. The van der Waals surface area contributed by atoms with Crippen LogP contribution in [-0.2, 0) is 17.8 Å². The summed E-state index contributed by atoms with van der Waals surface area (Å²) in [6.45, 7) is 5.77. The minimum Gasteiger partial charge on any atom is -0.373 e. The fourth-order valence-corrected chi connectivity index (χ4v) is 4.62. The van der Waals surface area contributed by atoms with Crippen LogP contribution < -0.4 is 5.32 Å². The molecule has 1 N–H and O–H groups in total. The lowest BCUT2D eigenvalue weighted by Gasteiger charge is -2.47. The summed E-state index contributed by atoms with van der Waals surface area (Å²) in [5.74, 6) is 0.492. The van der Waals surface area contributed by atoms with Crippen molar-refractivity contribution in [3.8, 4) is 0 Å². The van der Waals surface area contributed by atoms with E-state index in [9.17, 15) is 0 Å². The number of aromatic nitrogens is 3. The van der Waals surface area contributed by atoms with Crippen LogP contribution in [0.4, 0.5) is 0 Å². The third kappa shape index (κ3) is 3.79. The largest absolute Gasteiger partial charge is 0.373 e. The van der Waals surface area contributed by atoms with Crippen molar-refractivity contribution in [1.82, 2.24) is 25.2 Å². The van der Waals surface area contributed by atoms with Gasteiger partial charge in [-0.15, -0.1) is 5.10 Å². The molecule has 0 bridgehead atoms. The molecule has 3 fully saturated rings. The van der Waals surface area contributed by atoms with Crippen LogP contribution in [0.5, 0.6) is 0 Å². The molecule has 6 heteroatoms. The molecular weight excluding hydrogens is 338 g/mol. The van der Waals surface area contributed by atoms with E-state index in [0.29, 0.717) is 5.92 Å². The van der Waals surface area contributed by atoms with Crippen LogP contribution in [0.15, 0.2) is 36.5 Å². The molecule has 1 aromatic heterocycles. The normalized spacial score (nSPS) is 27.7. The first kappa shape index (κ1) is 17.3. The number of nitrogens with one attached hydrogen (secondary N) is 1. The summed E-state index contributed by atoms with van der Waals surface area (Å²) in [5.41, 5.74) is 2.80. The summed E-state index contributed by atoms with van der Waals surface area (Å²) < 4.78 is 8.07. The summed E-state index contributed by atoms with van der Waals surface area (Å²) in [7, 11) is 0. The highest BCUT2D eigenvalue weighted by Crippen LogP contribution is 2.34. The zero-order valence-corrected chi connectivity index (χ0v) is 15.9. The van der Waals surface area contributed by atoms with Crippen molar-refractivity contribution in [3.05, 3.63) is 47.8 Å². The van der Waals surface area contributed by atoms with Crippen LogP contribution in [0.25, 0.3) is 0 Å². The molecule has 2 saturated heterocycles. The number of rotatable bonds is 5. The van der Waals surface area contributed by atoms with Gasteiger partial charge in [-0.3, -0.25) is 4.90 Å². The van der Waals surface area contributed by atoms with Gasteiger partial charge >= 0.3 is 0 Å². The van der Waals surface area contributed by atoms with Gasteiger partial charge < -0.3 is 10.1 Å². The molecular formula is C21H29N5O. The van der Waals surface area contributed by atoms with Gasteiger partial charge in [0.25, 0.3) is 0 Å². The van der Waals surface area contributed by atoms with Crippen molar-refractivity contribution in [2.75, 3.05) is 26.2 Å². The Balaban J connectivity index is 1.13. The Morgan fingerprint density at radius 1 is 1.22 bits per heavy atom. The Bertz CT molecular complexity index is 747. The van der Waals surface area contributed by atoms with Crippen LogP contribution in [0, 0.1) is 0 Å². The quantitative estimate of drug-likeness (QED) is 0.878. The van der Waals surface area contributed by atoms with Crippen molar-refractivity contribution in [2.45, 2.75) is 56.3 Å². The molecule has 3 aliphatic rings. The lowest BCUT2D eigenvalue weighted by molar-refractivity contribution is -0.0671. The topological polar surface area (TPSA) is 55.2 Å². The van der Waals surface area contributed by atoms with Crippen LogP contribution >= 0.6 is 0 Å². The molecule has 1 aromatic carbocycles. The average Bonchev–Trinajstić information content (AvgIpc) is 3.31. The van der Waals surface area contributed by atoms with Gasteiger partial charge in [0.1, 0.15) is 0 Å². The summed E-state index contributed by atoms with van der Waals surface area (Å²) in [6, 6.07) is 10.7. The summed E-state index contributed by atoms with van der Waals surface area (Å²) in [4.78, 5) is 2.52. The first-order chi connectivity index (χ1) is 13.3. The number of likely N-dealkylation sites (tertiary alicyclic amines) is 1. The molecule has 6 nitrogen and oxygen atoms in total. The van der Waals surface area contributed by atoms with E-state index in [4.69, 9.17) is 4.74 Å². The smallest absolute Gasteiger partial charge is 0.0896 e. The average molecular weight is 367 g/mol. The van der Waals surface area contributed by atoms with E-state index < -0.39 is 0 Å². The molecule has 144 valence electrons. The second-order valence-electron chi connectivity index (χ2n) is 8.52. The number of nitrogens with zero attached hydrogens (tertiary/aromatic N) is 4. The van der Waals surface area contributed by atoms with Crippen LogP contribution in [0.2, 0.25) is 0 Å². The number of ether oxygens (including phenoxy) is 1. The van der Waals surface area contributed by atoms with Gasteiger partial charge in [0.05, 0.1) is 24.9 Å². The maximum atomic E-state index is 6.10. The molecule has 1 saturated carbocycles. The fourth-order valence-electron chi connectivity index (χ4n) is 4.62. The molecule has 2 atom stereocenters. The summed E-state index contributed by atoms with van der Waals surface area (Å²) in [5, 5.41) is 12.5. The molecule has 2 aromatic rings. The first-order valence-electron chi connectivity index (χ1n) is 10.3. The molecule has 0 radical (unpaired) electrons. The maximum Gasteiger partial charge on any atom is 0.0896 e. The third-order valence-electron chi connectivity index (χ3n) is 6.50. The van der Waals surface area contributed by atoms with E-state index in [0.717, 1.165) is 51.4 Å². The molecule has 27 heavy (non-hydrogen) atoms. The Labute approximate surface area is 160 Å². The van der Waals surface area contributed by atoms with E-state index in [1.807, 2.05) is 4.68 Å². The summed E-state index contributed by atoms with van der Waals surface area (Å²) >= 11 is 0. The van der Waals surface area contributed by atoms with Crippen LogP contribution in [0.1, 0.15) is 42.9 Å². The lowest BCUT2D eigenvalue weighted by atomic mass is 9.76. The second kappa shape index (κ2) is 7.34. The SMILES string of the molecule is c1ccc(CN2CCC(c3cn(CC4CNC5(CCC5)CO4)nn3)C2)cc1. The molecule has 2 unspecified atom stereocenters. The fraction of sp³-hybridized carbons (Fsp3) is 0.619. The monoisotopic (exact) mass is 367 g/mol. The van der Waals surface area contributed by atoms with Crippen LogP contribution in [-0.4, -0.2) is 57.8 Å². The molecule has 1 spiro atoms. The standard InChI is InChI=1S/C21H29N5O/c1-2-5-17(6-3-1)12-25-10-7-18(13-25)20-15-26(24-23-20)14-19-11-22-21(16-27-19)8-4-9-21/h1-3,5-6,15,18-19,22H,4,7-14,16H2. The van der Waals surface area contributed by atoms with Gasteiger partial charge in [0.15, 0.2) is 0 Å². The Morgan fingerprint density at radius 3 is 2.85 bits per heavy atom. The van der Waals surface area contributed by atoms with E-state index in [1.54, 1.807) is 0 Å². The Kier molecular flexibility index (Phi) is 4.71. The molecule has 5 rings (SSSR count). The highest BCUT2D eigenvalue weighted by molar-refractivity contribution is 5.15. The van der Waals surface area contributed by atoms with Gasteiger partial charge in [-0.25, -0.2) is 4.68 Å². The third-order valence-corrected chi connectivity index (χ3v) is 6.50. The van der Waals surface area contributed by atoms with Crippen LogP contribution in [0.3, 0.4) is 0 Å². The van der Waals surface area contributed by atoms with Crippen molar-refractivity contribution < 1.29 is 4.74 Å². The zero-order chi connectivity index (χ0) is 18.1. The van der Waals surface area contributed by atoms with Crippen molar-refractivity contribution in [3.63, 3.8) is 0 Å². The lowest BCUT2D eigenvalue weighted by Crippen LogP contribution is -2.61. The van der Waals surface area contributed by atoms with E-state index in [1.165, 1.54) is 24.8 Å². The van der Waals surface area contributed by atoms with Crippen molar-refractivity contribution in [2.24, 2.45) is 0 Å². The zero-order valence-electron chi connectivity index (χ0n) is 15.9. The Hall–Kier alpha value is -1.76. The highest BCUT2D eigenvalue weighted by atomic mass is 16.5. The Morgan fingerprint density at radius 2 is 2.11 bits per heavy atom. The number of hydrogen-bond donors (Lipinski definition) is 1. The summed E-state index contributed by atoms with van der Waals surface area (Å²) in [6.07, 6.45) is 7.34. The van der Waals surface area contributed by atoms with E-state index >= 15 is 0 Å². The van der Waals surface area contributed by atoms with Gasteiger partial charge in [0.2, 0.25) is 0 Å². The maximum absolute atomic E-state index is 6.10. The molecule has 3 heterocycles. The molecule has 1 aliphatic carbocycles. The van der Waals surface area contributed by atoms with Gasteiger partial charge in [-0.05, 0) is 37.8 Å². The van der Waals surface area contributed by atoms with Gasteiger partial charge in [-0.1, -0.05) is 35.5 Å². The first-order valence-corrected chi connectivity index (χ1v) is 10.3. The second-order valence-corrected chi connectivity index (χ2v) is 8.52. The minimum absolute atomic E-state index is 0.198. The van der Waals surface area contributed by atoms with Gasteiger partial charge in [-0.2, -0.15) is 0 Å². The minimum atomic E-state index is 0.198.